The van der Waals surface area contributed by atoms with E-state index < -0.39 is 17.9 Å². The zero-order chi connectivity index (χ0) is 22.2. The van der Waals surface area contributed by atoms with Crippen LogP contribution in [0.25, 0.3) is 22.1 Å². The van der Waals surface area contributed by atoms with E-state index in [1.54, 1.807) is 19.1 Å². The van der Waals surface area contributed by atoms with Gasteiger partial charge in [-0.2, -0.15) is 13.2 Å². The fraction of sp³-hybridized carbons (Fsp3) is 0.333. The molecular formula is C21H19F3O5S. The van der Waals surface area contributed by atoms with Gasteiger partial charge in [-0.3, -0.25) is 0 Å². The summed E-state index contributed by atoms with van der Waals surface area (Å²) in [6, 6.07) is 4.39. The van der Waals surface area contributed by atoms with Crippen LogP contribution in [0.3, 0.4) is 0 Å². The van der Waals surface area contributed by atoms with E-state index in [9.17, 15) is 18.0 Å². The fourth-order valence-electron chi connectivity index (χ4n) is 3.12. The Morgan fingerprint density at radius 3 is 2.50 bits per heavy atom. The van der Waals surface area contributed by atoms with E-state index in [1.807, 2.05) is 6.92 Å². The Hall–Kier alpha value is -2.81. The summed E-state index contributed by atoms with van der Waals surface area (Å²) in [6.07, 6.45) is -4.09. The summed E-state index contributed by atoms with van der Waals surface area (Å²) in [5.41, 5.74) is 0.0765. The number of carbonyl (C=O) groups is 1. The lowest BCUT2D eigenvalue weighted by Crippen LogP contribution is -2.08. The van der Waals surface area contributed by atoms with Gasteiger partial charge in [-0.05, 0) is 38.5 Å². The molecule has 9 heteroatoms. The second-order valence-electron chi connectivity index (χ2n) is 6.62. The monoisotopic (exact) mass is 440 g/mol. The standard InChI is InChI=1S/C21H19F3O5S/c1-5-8-27-14-7-6-12-17(10(14)2)29-19(21(22,23)24)16(18(12)30)13-9-15(20(25)26-4)28-11(13)3/h6-7,9H,5,8H2,1-4H3. The topological polar surface area (TPSA) is 61.8 Å². The highest BCUT2D eigenvalue weighted by molar-refractivity contribution is 7.71. The lowest BCUT2D eigenvalue weighted by Gasteiger charge is -2.16. The van der Waals surface area contributed by atoms with Gasteiger partial charge in [-0.1, -0.05) is 19.1 Å². The Morgan fingerprint density at radius 1 is 1.20 bits per heavy atom. The number of alkyl halides is 3. The van der Waals surface area contributed by atoms with Crippen LogP contribution in [0.2, 0.25) is 0 Å². The van der Waals surface area contributed by atoms with Crippen molar-refractivity contribution in [3.05, 3.63) is 45.6 Å². The summed E-state index contributed by atoms with van der Waals surface area (Å²) in [6.45, 7) is 5.39. The molecule has 3 aromatic rings. The largest absolute Gasteiger partial charge is 0.493 e. The zero-order valence-corrected chi connectivity index (χ0v) is 17.5. The minimum absolute atomic E-state index is 0.000910. The molecule has 3 rings (SSSR count). The van der Waals surface area contributed by atoms with Gasteiger partial charge in [0.2, 0.25) is 11.5 Å². The van der Waals surface area contributed by atoms with Crippen molar-refractivity contribution >= 4 is 29.2 Å². The van der Waals surface area contributed by atoms with Crippen molar-refractivity contribution in [1.29, 1.82) is 0 Å². The molecule has 2 aromatic heterocycles. The highest BCUT2D eigenvalue weighted by Gasteiger charge is 2.40. The molecule has 5 nitrogen and oxygen atoms in total. The van der Waals surface area contributed by atoms with Crippen LogP contribution < -0.4 is 4.74 Å². The molecule has 0 saturated heterocycles. The van der Waals surface area contributed by atoms with Crippen molar-refractivity contribution < 1.29 is 36.3 Å². The van der Waals surface area contributed by atoms with Gasteiger partial charge in [-0.25, -0.2) is 4.79 Å². The maximum absolute atomic E-state index is 13.9. The maximum atomic E-state index is 13.9. The molecule has 30 heavy (non-hydrogen) atoms. The molecule has 0 aliphatic carbocycles. The fourth-order valence-corrected chi connectivity index (χ4v) is 3.48. The first kappa shape index (κ1) is 21.9. The van der Waals surface area contributed by atoms with Crippen LogP contribution in [0.15, 0.2) is 27.0 Å². The second kappa shape index (κ2) is 8.14. The van der Waals surface area contributed by atoms with Crippen LogP contribution >= 0.6 is 12.2 Å². The Labute approximate surface area is 175 Å². The lowest BCUT2D eigenvalue weighted by molar-refractivity contribution is -0.152. The number of esters is 1. The third-order valence-electron chi connectivity index (χ3n) is 4.55. The second-order valence-corrected chi connectivity index (χ2v) is 7.03. The number of hydrogen-bond acceptors (Lipinski definition) is 6. The Kier molecular flexibility index (Phi) is 5.94. The molecule has 0 aliphatic rings. The summed E-state index contributed by atoms with van der Waals surface area (Å²) < 4.78 is 62.6. The SMILES string of the molecule is CCCOc1ccc2c(=S)c(-c3cc(C(=O)OC)oc3C)c(C(F)(F)F)oc2c1C. The Balaban J connectivity index is 2.35. The molecule has 0 aliphatic heterocycles. The van der Waals surface area contributed by atoms with Gasteiger partial charge in [0.25, 0.3) is 0 Å². The number of methoxy groups -OCH3 is 1. The molecule has 0 spiro atoms. The zero-order valence-electron chi connectivity index (χ0n) is 16.7. The highest BCUT2D eigenvalue weighted by atomic mass is 32.1. The van der Waals surface area contributed by atoms with Crippen LogP contribution in [-0.2, 0) is 10.9 Å². The number of hydrogen-bond donors (Lipinski definition) is 0. The normalized spacial score (nSPS) is 11.7. The van der Waals surface area contributed by atoms with Gasteiger partial charge >= 0.3 is 12.1 Å². The predicted octanol–water partition coefficient (Wildman–Crippen LogP) is 6.63. The number of carbonyl (C=O) groups excluding carboxylic acids is 1. The summed E-state index contributed by atoms with van der Waals surface area (Å²) >= 11 is 5.43. The highest BCUT2D eigenvalue weighted by Crippen LogP contribution is 2.44. The summed E-state index contributed by atoms with van der Waals surface area (Å²) in [4.78, 5) is 11.8. The first-order valence-corrected chi connectivity index (χ1v) is 9.50. The van der Waals surface area contributed by atoms with E-state index in [2.05, 4.69) is 4.74 Å². The van der Waals surface area contributed by atoms with E-state index in [0.717, 1.165) is 13.5 Å². The first-order valence-electron chi connectivity index (χ1n) is 9.09. The number of furan rings is 1. The average molecular weight is 440 g/mol. The first-order chi connectivity index (χ1) is 14.1. The summed E-state index contributed by atoms with van der Waals surface area (Å²) in [7, 11) is 1.14. The van der Waals surface area contributed by atoms with Gasteiger partial charge < -0.3 is 18.3 Å². The van der Waals surface area contributed by atoms with Crippen molar-refractivity contribution in [3.63, 3.8) is 0 Å². The predicted molar refractivity (Wildman–Crippen MR) is 106 cm³/mol. The third kappa shape index (κ3) is 3.81. The van der Waals surface area contributed by atoms with Gasteiger partial charge in [0, 0.05) is 16.5 Å². The smallest absolute Gasteiger partial charge is 0.450 e. The molecule has 160 valence electrons. The van der Waals surface area contributed by atoms with E-state index >= 15 is 0 Å². The molecule has 0 atom stereocenters. The van der Waals surface area contributed by atoms with E-state index in [-0.39, 0.29) is 32.7 Å². The number of aryl methyl sites for hydroxylation is 2. The van der Waals surface area contributed by atoms with Crippen LogP contribution in [0.5, 0.6) is 5.75 Å². The Bertz CT molecular complexity index is 1170. The van der Waals surface area contributed by atoms with Crippen LogP contribution in [-0.4, -0.2) is 19.7 Å². The van der Waals surface area contributed by atoms with Gasteiger partial charge in [0.1, 0.15) is 17.1 Å². The van der Waals surface area contributed by atoms with Crippen molar-refractivity contribution in [3.8, 4) is 16.9 Å². The lowest BCUT2D eigenvalue weighted by atomic mass is 10.0. The minimum Gasteiger partial charge on any atom is -0.493 e. The van der Waals surface area contributed by atoms with Crippen molar-refractivity contribution in [2.75, 3.05) is 13.7 Å². The molecule has 0 bridgehead atoms. The number of fused-ring (bicyclic) bond motifs is 1. The van der Waals surface area contributed by atoms with Crippen molar-refractivity contribution in [1.82, 2.24) is 0 Å². The van der Waals surface area contributed by atoms with E-state index in [4.69, 9.17) is 25.8 Å². The quantitative estimate of drug-likeness (QED) is 0.328. The molecule has 0 fully saturated rings. The molecule has 0 unspecified atom stereocenters. The molecule has 0 amide bonds. The van der Waals surface area contributed by atoms with Crippen LogP contribution in [0.1, 0.15) is 41.0 Å². The number of rotatable bonds is 5. The van der Waals surface area contributed by atoms with Gasteiger partial charge in [-0.15, -0.1) is 0 Å². The molecule has 0 N–H and O–H groups in total. The minimum atomic E-state index is -4.83. The molecule has 0 saturated carbocycles. The maximum Gasteiger partial charge on any atom is 0.450 e. The van der Waals surface area contributed by atoms with E-state index in [1.165, 1.54) is 13.0 Å². The molecule has 1 aromatic carbocycles. The van der Waals surface area contributed by atoms with Crippen molar-refractivity contribution in [2.24, 2.45) is 0 Å². The van der Waals surface area contributed by atoms with Crippen LogP contribution in [0.4, 0.5) is 13.2 Å². The van der Waals surface area contributed by atoms with Crippen molar-refractivity contribution in [2.45, 2.75) is 33.4 Å². The number of ether oxygens (including phenoxy) is 2. The number of halogens is 3. The summed E-state index contributed by atoms with van der Waals surface area (Å²) in [5, 5.41) is 0.328. The summed E-state index contributed by atoms with van der Waals surface area (Å²) in [5.74, 6) is -1.80. The molecule has 2 heterocycles. The van der Waals surface area contributed by atoms with Gasteiger partial charge in [0.15, 0.2) is 0 Å². The molecule has 0 radical (unpaired) electrons. The van der Waals surface area contributed by atoms with Gasteiger partial charge in [0.05, 0.1) is 23.8 Å². The Morgan fingerprint density at radius 2 is 1.90 bits per heavy atom. The van der Waals surface area contributed by atoms with E-state index in [0.29, 0.717) is 23.3 Å². The van der Waals surface area contributed by atoms with Crippen LogP contribution in [0, 0.1) is 18.4 Å². The third-order valence-corrected chi connectivity index (χ3v) is 4.98. The average Bonchev–Trinajstić information content (AvgIpc) is 3.07. The number of benzene rings is 1. The molecular weight excluding hydrogens is 421 g/mol.